The number of nitrogen functional groups attached to an aromatic ring is 1. The van der Waals surface area contributed by atoms with Gasteiger partial charge < -0.3 is 10.7 Å². The van der Waals surface area contributed by atoms with E-state index < -0.39 is 0 Å². The highest BCUT2D eigenvalue weighted by molar-refractivity contribution is 5.77. The van der Waals surface area contributed by atoms with Crippen molar-refractivity contribution in [1.29, 1.82) is 0 Å². The van der Waals surface area contributed by atoms with Gasteiger partial charge in [-0.2, -0.15) is 0 Å². The maximum Gasteiger partial charge on any atom is 0.220 e. The van der Waals surface area contributed by atoms with Gasteiger partial charge in [-0.15, -0.1) is 0 Å². The van der Waals surface area contributed by atoms with Crippen LogP contribution in [0, 0.1) is 5.92 Å². The summed E-state index contributed by atoms with van der Waals surface area (Å²) in [5.74, 6) is 6.81. The molecule has 0 aromatic carbocycles. The number of hydrogen-bond donors (Lipinski definition) is 3. The molecule has 2 fully saturated rings. The van der Waals surface area contributed by atoms with Gasteiger partial charge in [0.25, 0.3) is 0 Å². The number of fused-ring (bicyclic) bond motifs is 1. The zero-order valence-corrected chi connectivity index (χ0v) is 11.5. The maximum absolute atomic E-state index is 11.4. The van der Waals surface area contributed by atoms with Gasteiger partial charge in [0, 0.05) is 38.3 Å². The van der Waals surface area contributed by atoms with Crippen LogP contribution in [-0.2, 0) is 11.3 Å². The molecule has 1 amide bonds. The van der Waals surface area contributed by atoms with Crippen LogP contribution >= 0.6 is 0 Å². The molecule has 6 nitrogen and oxygen atoms in total. The van der Waals surface area contributed by atoms with E-state index in [0.717, 1.165) is 32.5 Å². The summed E-state index contributed by atoms with van der Waals surface area (Å²) < 4.78 is 0. The van der Waals surface area contributed by atoms with Crippen molar-refractivity contribution < 1.29 is 4.79 Å². The summed E-state index contributed by atoms with van der Waals surface area (Å²) in [4.78, 5) is 18.1. The second kappa shape index (κ2) is 5.76. The number of rotatable bonds is 3. The van der Waals surface area contributed by atoms with Gasteiger partial charge in [-0.25, -0.2) is 10.8 Å². The number of hydrogen-bond acceptors (Lipinski definition) is 5. The topological polar surface area (TPSA) is 83.3 Å². The van der Waals surface area contributed by atoms with Crippen LogP contribution in [0.1, 0.15) is 24.8 Å². The number of likely N-dealkylation sites (tertiary alicyclic amines) is 1. The van der Waals surface area contributed by atoms with Crippen LogP contribution in [0.15, 0.2) is 18.3 Å². The van der Waals surface area contributed by atoms with Crippen molar-refractivity contribution in [3.8, 4) is 0 Å². The molecule has 1 aromatic heterocycles. The number of pyridine rings is 1. The van der Waals surface area contributed by atoms with E-state index in [2.05, 4.69) is 26.7 Å². The van der Waals surface area contributed by atoms with E-state index in [4.69, 9.17) is 5.84 Å². The van der Waals surface area contributed by atoms with Crippen molar-refractivity contribution in [3.05, 3.63) is 23.9 Å². The van der Waals surface area contributed by atoms with Crippen LogP contribution in [0.4, 0.5) is 5.82 Å². The minimum Gasteiger partial charge on any atom is -0.353 e. The molecule has 0 bridgehead atoms. The third kappa shape index (κ3) is 2.91. The fraction of sp³-hybridized carbons (Fsp3) is 0.571. The quantitative estimate of drug-likeness (QED) is 0.551. The van der Waals surface area contributed by atoms with Gasteiger partial charge in [0.05, 0.1) is 0 Å². The van der Waals surface area contributed by atoms with E-state index in [1.54, 1.807) is 0 Å². The van der Waals surface area contributed by atoms with Crippen molar-refractivity contribution >= 4 is 11.7 Å². The van der Waals surface area contributed by atoms with Crippen molar-refractivity contribution in [1.82, 2.24) is 15.2 Å². The summed E-state index contributed by atoms with van der Waals surface area (Å²) in [5, 5.41) is 3.12. The van der Waals surface area contributed by atoms with Gasteiger partial charge in [0.1, 0.15) is 5.82 Å². The van der Waals surface area contributed by atoms with Gasteiger partial charge in [-0.05, 0) is 30.4 Å². The highest BCUT2D eigenvalue weighted by atomic mass is 16.1. The SMILES string of the molecule is NNc1ccc(CN2CCC3NC(=O)CCC3C2)cn1. The molecule has 6 heteroatoms. The number of carbonyl (C=O) groups is 1. The number of piperidine rings is 2. The smallest absolute Gasteiger partial charge is 0.220 e. The van der Waals surface area contributed by atoms with Crippen molar-refractivity contribution in [3.63, 3.8) is 0 Å². The average Bonchev–Trinajstić information content (AvgIpc) is 2.48. The lowest BCUT2D eigenvalue weighted by Gasteiger charge is -2.41. The summed E-state index contributed by atoms with van der Waals surface area (Å²) in [6.45, 7) is 3.00. The zero-order chi connectivity index (χ0) is 13.9. The fourth-order valence-electron chi connectivity index (χ4n) is 3.19. The molecule has 0 radical (unpaired) electrons. The van der Waals surface area contributed by atoms with Gasteiger partial charge in [-0.1, -0.05) is 6.07 Å². The molecule has 2 atom stereocenters. The zero-order valence-electron chi connectivity index (χ0n) is 11.5. The Morgan fingerprint density at radius 3 is 3.10 bits per heavy atom. The number of anilines is 1. The Bertz CT molecular complexity index is 475. The molecule has 2 saturated heterocycles. The molecule has 2 aliphatic heterocycles. The van der Waals surface area contributed by atoms with Crippen LogP contribution in [0.2, 0.25) is 0 Å². The van der Waals surface area contributed by atoms with Gasteiger partial charge in [0.15, 0.2) is 0 Å². The first-order chi connectivity index (χ1) is 9.74. The Morgan fingerprint density at radius 2 is 2.35 bits per heavy atom. The van der Waals surface area contributed by atoms with E-state index in [-0.39, 0.29) is 5.91 Å². The number of nitrogens with zero attached hydrogens (tertiary/aromatic N) is 2. The molecular formula is C14H21N5O. The minimum absolute atomic E-state index is 0.216. The molecular weight excluding hydrogens is 254 g/mol. The van der Waals surface area contributed by atoms with Crippen LogP contribution in [0.3, 0.4) is 0 Å². The first-order valence-corrected chi connectivity index (χ1v) is 7.18. The monoisotopic (exact) mass is 275 g/mol. The average molecular weight is 275 g/mol. The first-order valence-electron chi connectivity index (χ1n) is 7.18. The predicted molar refractivity (Wildman–Crippen MR) is 76.6 cm³/mol. The van der Waals surface area contributed by atoms with E-state index in [1.807, 2.05) is 12.3 Å². The van der Waals surface area contributed by atoms with Gasteiger partial charge in [0.2, 0.25) is 5.91 Å². The first kappa shape index (κ1) is 13.3. The Hall–Kier alpha value is -1.66. The third-order valence-electron chi connectivity index (χ3n) is 4.29. The van der Waals surface area contributed by atoms with Crippen LogP contribution in [-0.4, -0.2) is 34.9 Å². The lowest BCUT2D eigenvalue weighted by Crippen LogP contribution is -2.53. The number of carbonyl (C=O) groups excluding carboxylic acids is 1. The van der Waals surface area contributed by atoms with E-state index >= 15 is 0 Å². The molecule has 3 heterocycles. The Balaban J connectivity index is 1.57. The van der Waals surface area contributed by atoms with Crippen LogP contribution in [0.5, 0.6) is 0 Å². The van der Waals surface area contributed by atoms with E-state index in [9.17, 15) is 4.79 Å². The largest absolute Gasteiger partial charge is 0.353 e. The summed E-state index contributed by atoms with van der Waals surface area (Å²) in [5.41, 5.74) is 3.73. The maximum atomic E-state index is 11.4. The van der Waals surface area contributed by atoms with Crippen LogP contribution < -0.4 is 16.6 Å². The molecule has 1 aromatic rings. The number of amides is 1. The molecule has 3 rings (SSSR count). The van der Waals surface area contributed by atoms with E-state index in [0.29, 0.717) is 24.2 Å². The molecule has 0 saturated carbocycles. The molecule has 0 aliphatic carbocycles. The minimum atomic E-state index is 0.216. The van der Waals surface area contributed by atoms with Gasteiger partial charge in [-0.3, -0.25) is 9.69 Å². The lowest BCUT2D eigenvalue weighted by atomic mass is 9.85. The standard InChI is InChI=1S/C14H21N5O/c15-18-13-3-1-10(7-16-13)8-19-6-5-12-11(9-19)2-4-14(20)17-12/h1,3,7,11-12H,2,4-6,8-9,15H2,(H,16,18)(H,17,20). The molecule has 20 heavy (non-hydrogen) atoms. The molecule has 0 spiro atoms. The van der Waals surface area contributed by atoms with Gasteiger partial charge >= 0.3 is 0 Å². The Morgan fingerprint density at radius 1 is 1.45 bits per heavy atom. The number of aromatic nitrogens is 1. The highest BCUT2D eigenvalue weighted by Crippen LogP contribution is 2.26. The number of nitrogens with two attached hydrogens (primary N) is 1. The van der Waals surface area contributed by atoms with Crippen LogP contribution in [0.25, 0.3) is 0 Å². The fourth-order valence-corrected chi connectivity index (χ4v) is 3.19. The highest BCUT2D eigenvalue weighted by Gasteiger charge is 2.33. The lowest BCUT2D eigenvalue weighted by molar-refractivity contribution is -0.125. The number of hydrazine groups is 1. The Labute approximate surface area is 118 Å². The molecule has 2 aliphatic rings. The van der Waals surface area contributed by atoms with Crippen molar-refractivity contribution in [2.24, 2.45) is 11.8 Å². The van der Waals surface area contributed by atoms with E-state index in [1.165, 1.54) is 5.56 Å². The second-order valence-electron chi connectivity index (χ2n) is 5.69. The second-order valence-corrected chi connectivity index (χ2v) is 5.69. The molecule has 4 N–H and O–H groups in total. The Kier molecular flexibility index (Phi) is 3.84. The summed E-state index contributed by atoms with van der Waals surface area (Å²) >= 11 is 0. The third-order valence-corrected chi connectivity index (χ3v) is 4.29. The molecule has 108 valence electrons. The predicted octanol–water partition coefficient (Wildman–Crippen LogP) is 0.468. The molecule has 2 unspecified atom stereocenters. The van der Waals surface area contributed by atoms with Crippen molar-refractivity contribution in [2.75, 3.05) is 18.5 Å². The summed E-state index contributed by atoms with van der Waals surface area (Å²) in [6.07, 6.45) is 4.60. The van der Waals surface area contributed by atoms with Crippen molar-refractivity contribution in [2.45, 2.75) is 31.8 Å². The normalized spacial score (nSPS) is 26.8. The summed E-state index contributed by atoms with van der Waals surface area (Å²) in [6, 6.07) is 4.33. The number of nitrogens with one attached hydrogen (secondary N) is 2. The summed E-state index contributed by atoms with van der Waals surface area (Å²) in [7, 11) is 0.